The Morgan fingerprint density at radius 1 is 1.04 bits per heavy atom. The van der Waals surface area contributed by atoms with Crippen LogP contribution in [-0.4, -0.2) is 40.9 Å². The molecule has 0 amide bonds. The Balaban J connectivity index is 1.66. The van der Waals surface area contributed by atoms with Crippen molar-refractivity contribution in [2.24, 2.45) is 7.05 Å². The lowest BCUT2D eigenvalue weighted by Gasteiger charge is -2.36. The molecular formula is C15H16F3N5O. The van der Waals surface area contributed by atoms with Gasteiger partial charge in [0.25, 0.3) is 5.56 Å². The third-order valence-electron chi connectivity index (χ3n) is 4.00. The SMILES string of the molecule is Cn1ncc(N2CCN(c3ccc(C(F)(F)F)cn3)CC2)cc1=O. The summed E-state index contributed by atoms with van der Waals surface area (Å²) in [5.74, 6) is 0.518. The molecule has 1 saturated heterocycles. The van der Waals surface area contributed by atoms with Crippen molar-refractivity contribution < 1.29 is 13.2 Å². The smallest absolute Gasteiger partial charge is 0.367 e. The molecule has 0 unspecified atom stereocenters. The lowest BCUT2D eigenvalue weighted by Crippen LogP contribution is -2.47. The van der Waals surface area contributed by atoms with Crippen molar-refractivity contribution in [2.75, 3.05) is 36.0 Å². The largest absolute Gasteiger partial charge is 0.417 e. The monoisotopic (exact) mass is 339 g/mol. The Kier molecular flexibility index (Phi) is 4.16. The van der Waals surface area contributed by atoms with Crippen molar-refractivity contribution in [2.45, 2.75) is 6.18 Å². The molecule has 2 aromatic heterocycles. The van der Waals surface area contributed by atoms with Gasteiger partial charge in [0, 0.05) is 45.5 Å². The minimum atomic E-state index is -4.38. The molecule has 9 heteroatoms. The standard InChI is InChI=1S/C15H16F3N5O/c1-21-14(24)8-12(10-20-21)22-4-6-23(7-5-22)13-3-2-11(9-19-13)15(16,17)18/h2-3,8-10H,4-7H2,1H3. The Morgan fingerprint density at radius 3 is 2.25 bits per heavy atom. The average molecular weight is 339 g/mol. The van der Waals surface area contributed by atoms with Crippen LogP contribution in [0.5, 0.6) is 0 Å². The van der Waals surface area contributed by atoms with Crippen molar-refractivity contribution in [1.29, 1.82) is 0 Å². The molecule has 0 spiro atoms. The zero-order chi connectivity index (χ0) is 17.3. The van der Waals surface area contributed by atoms with E-state index in [9.17, 15) is 18.0 Å². The number of hydrogen-bond donors (Lipinski definition) is 0. The molecule has 3 rings (SSSR count). The average Bonchev–Trinajstić information content (AvgIpc) is 2.57. The third kappa shape index (κ3) is 3.34. The van der Waals surface area contributed by atoms with Crippen LogP contribution in [0.2, 0.25) is 0 Å². The molecule has 0 saturated carbocycles. The Labute approximate surface area is 136 Å². The summed E-state index contributed by atoms with van der Waals surface area (Å²) in [5.41, 5.74) is -0.187. The molecule has 128 valence electrons. The first-order chi connectivity index (χ1) is 11.3. The van der Waals surface area contributed by atoms with Gasteiger partial charge in [-0.2, -0.15) is 18.3 Å². The van der Waals surface area contributed by atoms with Gasteiger partial charge >= 0.3 is 6.18 Å². The van der Waals surface area contributed by atoms with Crippen molar-refractivity contribution in [3.8, 4) is 0 Å². The summed E-state index contributed by atoms with van der Waals surface area (Å²) in [5, 5.41) is 3.99. The predicted octanol–water partition coefficient (Wildman–Crippen LogP) is 1.52. The van der Waals surface area contributed by atoms with Gasteiger partial charge in [0.15, 0.2) is 0 Å². The number of halogens is 3. The van der Waals surface area contributed by atoms with Gasteiger partial charge < -0.3 is 9.80 Å². The fourth-order valence-electron chi connectivity index (χ4n) is 2.57. The number of anilines is 2. The van der Waals surface area contributed by atoms with Crippen LogP contribution in [0.3, 0.4) is 0 Å². The quantitative estimate of drug-likeness (QED) is 0.830. The lowest BCUT2D eigenvalue weighted by molar-refractivity contribution is -0.137. The zero-order valence-corrected chi connectivity index (χ0v) is 13.0. The summed E-state index contributed by atoms with van der Waals surface area (Å²) in [7, 11) is 1.58. The minimum absolute atomic E-state index is 0.181. The number of hydrogen-bond acceptors (Lipinski definition) is 5. The second kappa shape index (κ2) is 6.14. The third-order valence-corrected chi connectivity index (χ3v) is 4.00. The molecule has 1 aliphatic rings. The maximum atomic E-state index is 12.6. The van der Waals surface area contributed by atoms with E-state index in [1.54, 1.807) is 13.2 Å². The molecule has 24 heavy (non-hydrogen) atoms. The fraction of sp³-hybridized carbons (Fsp3) is 0.400. The highest BCUT2D eigenvalue weighted by Crippen LogP contribution is 2.29. The highest BCUT2D eigenvalue weighted by atomic mass is 19.4. The van der Waals surface area contributed by atoms with Crippen molar-refractivity contribution >= 4 is 11.5 Å². The molecule has 1 aliphatic heterocycles. The first-order valence-corrected chi connectivity index (χ1v) is 7.41. The first-order valence-electron chi connectivity index (χ1n) is 7.41. The van der Waals surface area contributed by atoms with Crippen molar-refractivity contribution in [1.82, 2.24) is 14.8 Å². The van der Waals surface area contributed by atoms with E-state index in [0.717, 1.165) is 18.0 Å². The maximum absolute atomic E-state index is 12.6. The van der Waals surface area contributed by atoms with Crippen LogP contribution in [0.25, 0.3) is 0 Å². The molecule has 0 bridgehead atoms. The van der Waals surface area contributed by atoms with E-state index in [-0.39, 0.29) is 5.56 Å². The molecule has 3 heterocycles. The first kappa shape index (κ1) is 16.3. The van der Waals surface area contributed by atoms with Crippen LogP contribution >= 0.6 is 0 Å². The summed E-state index contributed by atoms with van der Waals surface area (Å²) in [6.07, 6.45) is -1.89. The van der Waals surface area contributed by atoms with Crippen LogP contribution < -0.4 is 15.4 Å². The van der Waals surface area contributed by atoms with E-state index in [4.69, 9.17) is 0 Å². The van der Waals surface area contributed by atoms with Crippen LogP contribution in [-0.2, 0) is 13.2 Å². The van der Waals surface area contributed by atoms with E-state index in [1.165, 1.54) is 16.8 Å². The summed E-state index contributed by atoms with van der Waals surface area (Å²) >= 11 is 0. The predicted molar refractivity (Wildman–Crippen MR) is 83.1 cm³/mol. The molecule has 0 aromatic carbocycles. The van der Waals surface area contributed by atoms with Gasteiger partial charge in [-0.25, -0.2) is 9.67 Å². The number of alkyl halides is 3. The molecule has 6 nitrogen and oxygen atoms in total. The van der Waals surface area contributed by atoms with E-state index in [2.05, 4.69) is 10.1 Å². The second-order valence-electron chi connectivity index (χ2n) is 5.55. The Hall–Kier alpha value is -2.58. The molecule has 0 radical (unpaired) electrons. The van der Waals surface area contributed by atoms with E-state index >= 15 is 0 Å². The maximum Gasteiger partial charge on any atom is 0.417 e. The van der Waals surface area contributed by atoms with Crippen LogP contribution in [0, 0.1) is 0 Å². The second-order valence-corrected chi connectivity index (χ2v) is 5.55. The number of piperazine rings is 1. The summed E-state index contributed by atoms with van der Waals surface area (Å²) in [6, 6.07) is 3.96. The van der Waals surface area contributed by atoms with Crippen LogP contribution in [0.1, 0.15) is 5.56 Å². The lowest BCUT2D eigenvalue weighted by atomic mass is 10.2. The fourth-order valence-corrected chi connectivity index (χ4v) is 2.57. The van der Waals surface area contributed by atoms with Crippen molar-refractivity contribution in [3.05, 3.63) is 46.5 Å². The number of aryl methyl sites for hydroxylation is 1. The molecule has 0 aliphatic carbocycles. The van der Waals surface area contributed by atoms with Gasteiger partial charge in [0.2, 0.25) is 0 Å². The molecular weight excluding hydrogens is 323 g/mol. The molecule has 2 aromatic rings. The number of pyridine rings is 1. The molecule has 0 atom stereocenters. The number of nitrogens with zero attached hydrogens (tertiary/aromatic N) is 5. The van der Waals surface area contributed by atoms with Gasteiger partial charge in [-0.3, -0.25) is 4.79 Å². The zero-order valence-electron chi connectivity index (χ0n) is 13.0. The van der Waals surface area contributed by atoms with Gasteiger partial charge in [-0.1, -0.05) is 0 Å². The Bertz CT molecular complexity index is 764. The van der Waals surface area contributed by atoms with Crippen LogP contribution in [0.15, 0.2) is 35.4 Å². The van der Waals surface area contributed by atoms with Crippen LogP contribution in [0.4, 0.5) is 24.7 Å². The minimum Gasteiger partial charge on any atom is -0.367 e. The van der Waals surface area contributed by atoms with E-state index in [1.807, 2.05) is 9.80 Å². The van der Waals surface area contributed by atoms with Gasteiger partial charge in [0.1, 0.15) is 5.82 Å². The number of rotatable bonds is 2. The molecule has 0 N–H and O–H groups in total. The highest BCUT2D eigenvalue weighted by molar-refractivity contribution is 5.47. The van der Waals surface area contributed by atoms with Gasteiger partial charge in [-0.05, 0) is 12.1 Å². The van der Waals surface area contributed by atoms with Gasteiger partial charge in [0.05, 0.1) is 17.4 Å². The van der Waals surface area contributed by atoms with E-state index < -0.39 is 11.7 Å². The number of aromatic nitrogens is 3. The molecule has 1 fully saturated rings. The van der Waals surface area contributed by atoms with Gasteiger partial charge in [-0.15, -0.1) is 0 Å². The topological polar surface area (TPSA) is 54.3 Å². The summed E-state index contributed by atoms with van der Waals surface area (Å²) in [6.45, 7) is 2.48. The Morgan fingerprint density at radius 2 is 1.71 bits per heavy atom. The van der Waals surface area contributed by atoms with Crippen molar-refractivity contribution in [3.63, 3.8) is 0 Å². The summed E-state index contributed by atoms with van der Waals surface area (Å²) in [4.78, 5) is 19.5. The van der Waals surface area contributed by atoms with E-state index in [0.29, 0.717) is 32.0 Å². The normalized spacial score (nSPS) is 15.7. The highest BCUT2D eigenvalue weighted by Gasteiger charge is 2.31. The summed E-state index contributed by atoms with van der Waals surface area (Å²) < 4.78 is 39.0.